The maximum Gasteiger partial charge on any atom is 0.418 e. The van der Waals surface area contributed by atoms with E-state index < -0.39 is 29.9 Å². The van der Waals surface area contributed by atoms with E-state index in [4.69, 9.17) is 10.5 Å². The number of anilines is 1. The van der Waals surface area contributed by atoms with E-state index in [2.05, 4.69) is 15.4 Å². The third-order valence-electron chi connectivity index (χ3n) is 6.20. The van der Waals surface area contributed by atoms with Crippen LogP contribution in [0.1, 0.15) is 50.8 Å². The molecule has 2 aromatic rings. The lowest BCUT2D eigenvalue weighted by atomic mass is 9.86. The van der Waals surface area contributed by atoms with Crippen LogP contribution in [0.15, 0.2) is 18.5 Å². The van der Waals surface area contributed by atoms with Crippen LogP contribution < -0.4 is 11.1 Å². The first-order valence-corrected chi connectivity index (χ1v) is 10.8. The predicted molar refractivity (Wildman–Crippen MR) is 113 cm³/mol. The van der Waals surface area contributed by atoms with E-state index in [9.17, 15) is 22.8 Å². The van der Waals surface area contributed by atoms with E-state index in [1.54, 1.807) is 4.68 Å². The second kappa shape index (κ2) is 8.35. The standard InChI is InChI=1S/C22H26F3N5O3/c1-21(2)8-17-15(9-28-30(17)11-21)14-7-18(27-10-16(14)22(23,24)25)29-19(31)12-4-3-5-13(6-12)33-20(26)32/h7,9-10,12-13H,3-6,8,11H2,1-2H3,(H2,26,32)(H,27,29,31)/t12-,13+/m0/s1. The molecule has 0 radical (unpaired) electrons. The summed E-state index contributed by atoms with van der Waals surface area (Å²) in [6.45, 7) is 4.69. The Hall–Kier alpha value is -3.11. The lowest BCUT2D eigenvalue weighted by Gasteiger charge is -2.27. The number of fused-ring (bicyclic) bond motifs is 1. The first-order valence-electron chi connectivity index (χ1n) is 10.8. The van der Waals surface area contributed by atoms with Crippen molar-refractivity contribution in [2.24, 2.45) is 17.1 Å². The number of aromatic nitrogens is 3. The van der Waals surface area contributed by atoms with Crippen molar-refractivity contribution in [1.82, 2.24) is 14.8 Å². The molecule has 2 amide bonds. The molecule has 3 heterocycles. The summed E-state index contributed by atoms with van der Waals surface area (Å²) in [6, 6.07) is 1.25. The number of hydrogen-bond acceptors (Lipinski definition) is 5. The van der Waals surface area contributed by atoms with Crippen molar-refractivity contribution in [2.45, 2.75) is 64.8 Å². The molecule has 0 bridgehead atoms. The highest BCUT2D eigenvalue weighted by atomic mass is 19.4. The number of nitrogens with two attached hydrogens (primary N) is 1. The fourth-order valence-corrected chi connectivity index (χ4v) is 4.73. The first-order chi connectivity index (χ1) is 15.4. The zero-order chi connectivity index (χ0) is 24.0. The average Bonchev–Trinajstić information content (AvgIpc) is 3.21. The average molecular weight is 465 g/mol. The Balaban J connectivity index is 1.60. The fraction of sp³-hybridized carbons (Fsp3) is 0.545. The van der Waals surface area contributed by atoms with Gasteiger partial charge in [-0.2, -0.15) is 18.3 Å². The van der Waals surface area contributed by atoms with Gasteiger partial charge in [-0.25, -0.2) is 9.78 Å². The molecule has 2 aliphatic rings. The van der Waals surface area contributed by atoms with Crippen molar-refractivity contribution in [1.29, 1.82) is 0 Å². The van der Waals surface area contributed by atoms with Gasteiger partial charge in [0.1, 0.15) is 11.9 Å². The van der Waals surface area contributed by atoms with Gasteiger partial charge in [0.2, 0.25) is 5.91 Å². The molecule has 2 aromatic heterocycles. The SMILES string of the molecule is CC1(C)Cc2c(-c3cc(NC(=O)[C@H]4CCC[C@@H](OC(N)=O)C4)ncc3C(F)(F)F)cnn2C1. The molecule has 8 nitrogen and oxygen atoms in total. The predicted octanol–water partition coefficient (Wildman–Crippen LogP) is 4.14. The number of amides is 2. The monoisotopic (exact) mass is 465 g/mol. The number of primary amides is 1. The molecule has 1 aliphatic heterocycles. The topological polar surface area (TPSA) is 112 Å². The molecule has 33 heavy (non-hydrogen) atoms. The number of rotatable bonds is 4. The van der Waals surface area contributed by atoms with E-state index >= 15 is 0 Å². The Bertz CT molecular complexity index is 1080. The molecule has 11 heteroatoms. The minimum absolute atomic E-state index is 0.0261. The Kier molecular flexibility index (Phi) is 5.83. The van der Waals surface area contributed by atoms with Crippen LogP contribution in [0.5, 0.6) is 0 Å². The maximum absolute atomic E-state index is 13.8. The molecule has 2 atom stereocenters. The molecular weight excluding hydrogens is 439 g/mol. The van der Waals surface area contributed by atoms with Crippen LogP contribution in [0.3, 0.4) is 0 Å². The number of halogens is 3. The van der Waals surface area contributed by atoms with Gasteiger partial charge in [0.05, 0.1) is 11.8 Å². The first kappa shape index (κ1) is 23.1. The van der Waals surface area contributed by atoms with E-state index in [1.165, 1.54) is 12.3 Å². The Morgan fingerprint density at radius 2 is 2.00 bits per heavy atom. The van der Waals surface area contributed by atoms with Crippen molar-refractivity contribution >= 4 is 17.8 Å². The van der Waals surface area contributed by atoms with Gasteiger partial charge in [-0.05, 0) is 43.6 Å². The molecule has 0 saturated heterocycles. The van der Waals surface area contributed by atoms with Crippen LogP contribution in [0.25, 0.3) is 11.1 Å². The summed E-state index contributed by atoms with van der Waals surface area (Å²) < 4.78 is 48.1. The fourth-order valence-electron chi connectivity index (χ4n) is 4.73. The van der Waals surface area contributed by atoms with Crippen molar-refractivity contribution in [3.05, 3.63) is 29.7 Å². The number of alkyl halides is 3. The van der Waals surface area contributed by atoms with Crippen LogP contribution >= 0.6 is 0 Å². The highest BCUT2D eigenvalue weighted by Crippen LogP contribution is 2.42. The molecule has 1 fully saturated rings. The maximum atomic E-state index is 13.8. The number of carbonyl (C=O) groups is 2. The van der Waals surface area contributed by atoms with Crippen molar-refractivity contribution in [3.63, 3.8) is 0 Å². The van der Waals surface area contributed by atoms with Gasteiger partial charge in [0, 0.05) is 35.5 Å². The largest absolute Gasteiger partial charge is 0.446 e. The van der Waals surface area contributed by atoms with Crippen molar-refractivity contribution in [2.75, 3.05) is 5.32 Å². The van der Waals surface area contributed by atoms with Crippen LogP contribution in [0, 0.1) is 11.3 Å². The summed E-state index contributed by atoms with van der Waals surface area (Å²) in [5, 5.41) is 6.91. The highest BCUT2D eigenvalue weighted by Gasteiger charge is 2.38. The third kappa shape index (κ3) is 4.96. The number of ether oxygens (including phenoxy) is 1. The highest BCUT2D eigenvalue weighted by molar-refractivity contribution is 5.92. The molecule has 4 rings (SSSR count). The van der Waals surface area contributed by atoms with Crippen LogP contribution in [0.2, 0.25) is 0 Å². The number of pyridine rings is 1. The summed E-state index contributed by atoms with van der Waals surface area (Å²) in [6.07, 6.45) is -1.04. The van der Waals surface area contributed by atoms with E-state index in [0.717, 1.165) is 11.9 Å². The van der Waals surface area contributed by atoms with Gasteiger partial charge in [-0.3, -0.25) is 9.48 Å². The Morgan fingerprint density at radius 3 is 2.70 bits per heavy atom. The number of nitrogens with zero attached hydrogens (tertiary/aromatic N) is 3. The van der Waals surface area contributed by atoms with Crippen molar-refractivity contribution < 1.29 is 27.5 Å². The van der Waals surface area contributed by atoms with Gasteiger partial charge in [-0.15, -0.1) is 0 Å². The molecule has 1 saturated carbocycles. The minimum Gasteiger partial charge on any atom is -0.446 e. The number of hydrogen-bond donors (Lipinski definition) is 2. The van der Waals surface area contributed by atoms with Crippen molar-refractivity contribution in [3.8, 4) is 11.1 Å². The van der Waals surface area contributed by atoms with Crippen LogP contribution in [-0.4, -0.2) is 32.9 Å². The summed E-state index contributed by atoms with van der Waals surface area (Å²) >= 11 is 0. The quantitative estimate of drug-likeness (QED) is 0.705. The molecule has 178 valence electrons. The normalized spacial score (nSPS) is 22.0. The molecule has 3 N–H and O–H groups in total. The van der Waals surface area contributed by atoms with E-state index in [0.29, 0.717) is 44.2 Å². The van der Waals surface area contributed by atoms with Gasteiger partial charge in [0.25, 0.3) is 0 Å². The molecule has 0 aromatic carbocycles. The minimum atomic E-state index is -4.61. The lowest BCUT2D eigenvalue weighted by molar-refractivity contribution is -0.137. The second-order valence-corrected chi connectivity index (χ2v) is 9.53. The van der Waals surface area contributed by atoms with Gasteiger partial charge in [0.15, 0.2) is 0 Å². The lowest BCUT2D eigenvalue weighted by Crippen LogP contribution is -2.33. The van der Waals surface area contributed by atoms with Crippen LogP contribution in [-0.2, 0) is 28.7 Å². The van der Waals surface area contributed by atoms with E-state index in [1.807, 2.05) is 13.8 Å². The van der Waals surface area contributed by atoms with Crippen LogP contribution in [0.4, 0.5) is 23.8 Å². The third-order valence-corrected chi connectivity index (χ3v) is 6.20. The Labute approximate surface area is 188 Å². The molecule has 0 spiro atoms. The van der Waals surface area contributed by atoms with E-state index in [-0.39, 0.29) is 22.7 Å². The number of nitrogens with one attached hydrogen (secondary N) is 1. The van der Waals surface area contributed by atoms with Gasteiger partial charge >= 0.3 is 12.3 Å². The second-order valence-electron chi connectivity index (χ2n) is 9.53. The van der Waals surface area contributed by atoms with Gasteiger partial charge in [-0.1, -0.05) is 13.8 Å². The molecular formula is C22H26F3N5O3. The van der Waals surface area contributed by atoms with Gasteiger partial charge < -0.3 is 15.8 Å². The summed E-state index contributed by atoms with van der Waals surface area (Å²) in [5.74, 6) is -0.817. The summed E-state index contributed by atoms with van der Waals surface area (Å²) in [7, 11) is 0. The summed E-state index contributed by atoms with van der Waals surface area (Å²) in [4.78, 5) is 27.7. The smallest absolute Gasteiger partial charge is 0.418 e. The Morgan fingerprint density at radius 1 is 1.24 bits per heavy atom. The molecule has 0 unspecified atom stereocenters. The number of carbonyl (C=O) groups excluding carboxylic acids is 2. The molecule has 1 aliphatic carbocycles. The zero-order valence-electron chi connectivity index (χ0n) is 18.4. The zero-order valence-corrected chi connectivity index (χ0v) is 18.4. The summed E-state index contributed by atoms with van der Waals surface area (Å²) in [5.41, 5.74) is 5.13.